The van der Waals surface area contributed by atoms with E-state index < -0.39 is 36.5 Å². The quantitative estimate of drug-likeness (QED) is 0.776. The van der Waals surface area contributed by atoms with E-state index >= 15 is 0 Å². The summed E-state index contributed by atoms with van der Waals surface area (Å²) in [4.78, 5) is 0. The van der Waals surface area contributed by atoms with Crippen LogP contribution in [0, 0.1) is 0 Å². The molecule has 0 aromatic rings. The predicted octanol–water partition coefficient (Wildman–Crippen LogP) is 0.415. The number of ether oxygens (including phenoxy) is 5. The van der Waals surface area contributed by atoms with Crippen molar-refractivity contribution in [3.05, 3.63) is 0 Å². The molecule has 0 aromatic heterocycles. The summed E-state index contributed by atoms with van der Waals surface area (Å²) >= 11 is 0. The van der Waals surface area contributed by atoms with Crippen molar-refractivity contribution >= 4 is 0 Å². The predicted molar refractivity (Wildman–Crippen MR) is 77.2 cm³/mol. The summed E-state index contributed by atoms with van der Waals surface area (Å²) in [5.74, 6) is 0. The monoisotopic (exact) mass is 320 g/mol. The van der Waals surface area contributed by atoms with Crippen LogP contribution in [0.15, 0.2) is 0 Å². The van der Waals surface area contributed by atoms with Crippen LogP contribution in [0.25, 0.3) is 0 Å². The first kappa shape index (κ1) is 18.1. The van der Waals surface area contributed by atoms with Gasteiger partial charge in [-0.3, -0.25) is 0 Å². The maximum atomic E-state index is 10.7. The summed E-state index contributed by atoms with van der Waals surface area (Å²) < 4.78 is 27.8. The highest BCUT2D eigenvalue weighted by atomic mass is 16.7. The molecule has 2 aliphatic heterocycles. The average Bonchev–Trinajstić information content (AvgIpc) is 2.45. The van der Waals surface area contributed by atoms with Gasteiger partial charge >= 0.3 is 0 Å². The number of rotatable bonds is 4. The van der Waals surface area contributed by atoms with Crippen LogP contribution in [-0.4, -0.2) is 73.1 Å². The second-order valence-corrected chi connectivity index (χ2v) is 6.40. The molecule has 0 radical (unpaired) electrons. The molecule has 0 bridgehead atoms. The second-order valence-electron chi connectivity index (χ2n) is 6.40. The minimum atomic E-state index is -1.09. The summed E-state index contributed by atoms with van der Waals surface area (Å²) in [6.07, 6.45) is -2.65. The van der Waals surface area contributed by atoms with Crippen LogP contribution in [0.1, 0.15) is 33.6 Å². The molecular formula is C15H28O7. The number of aliphatic hydroxyl groups excluding tert-OH is 1. The maximum absolute atomic E-state index is 10.7. The van der Waals surface area contributed by atoms with Gasteiger partial charge in [-0.15, -0.1) is 0 Å². The van der Waals surface area contributed by atoms with Crippen molar-refractivity contribution in [2.45, 2.75) is 82.3 Å². The Morgan fingerprint density at radius 2 is 1.68 bits per heavy atom. The van der Waals surface area contributed by atoms with E-state index in [1.165, 1.54) is 0 Å². The summed E-state index contributed by atoms with van der Waals surface area (Å²) in [6, 6.07) is 0. The molecule has 22 heavy (non-hydrogen) atoms. The number of hydrogen-bond donors (Lipinski definition) is 2. The fourth-order valence-electron chi connectivity index (χ4n) is 3.21. The lowest BCUT2D eigenvalue weighted by molar-refractivity contribution is -0.328. The summed E-state index contributed by atoms with van der Waals surface area (Å²) in [6.45, 7) is 5.31. The van der Waals surface area contributed by atoms with Crippen LogP contribution >= 0.6 is 0 Å². The van der Waals surface area contributed by atoms with E-state index in [1.807, 2.05) is 6.92 Å². The first-order valence-electron chi connectivity index (χ1n) is 7.71. The molecule has 2 aliphatic rings. The molecule has 0 aliphatic carbocycles. The lowest BCUT2D eigenvalue weighted by Crippen LogP contribution is -2.59. The van der Waals surface area contributed by atoms with Crippen LogP contribution in [0.4, 0.5) is 0 Å². The van der Waals surface area contributed by atoms with E-state index in [2.05, 4.69) is 0 Å². The van der Waals surface area contributed by atoms with Crippen molar-refractivity contribution in [1.29, 1.82) is 0 Å². The summed E-state index contributed by atoms with van der Waals surface area (Å²) in [5, 5.41) is 20.6. The Morgan fingerprint density at radius 3 is 2.23 bits per heavy atom. The van der Waals surface area contributed by atoms with Gasteiger partial charge in [0, 0.05) is 27.1 Å². The molecule has 0 saturated carbocycles. The van der Waals surface area contributed by atoms with Gasteiger partial charge in [-0.05, 0) is 20.8 Å². The highest BCUT2D eigenvalue weighted by molar-refractivity contribution is 4.93. The van der Waals surface area contributed by atoms with Gasteiger partial charge < -0.3 is 33.9 Å². The van der Waals surface area contributed by atoms with E-state index in [0.717, 1.165) is 0 Å². The fraction of sp³-hybridized carbons (Fsp3) is 1.00. The zero-order valence-corrected chi connectivity index (χ0v) is 13.9. The summed E-state index contributed by atoms with van der Waals surface area (Å²) in [5.41, 5.74) is -1.09. The van der Waals surface area contributed by atoms with Crippen molar-refractivity contribution in [3.8, 4) is 0 Å². The Kier molecular flexibility index (Phi) is 5.82. The van der Waals surface area contributed by atoms with Gasteiger partial charge in [-0.25, -0.2) is 0 Å². The van der Waals surface area contributed by atoms with Crippen LogP contribution in [-0.2, 0) is 23.7 Å². The number of hydrogen-bond acceptors (Lipinski definition) is 7. The number of aliphatic hydroxyl groups is 2. The topological polar surface area (TPSA) is 86.6 Å². The molecule has 7 nitrogen and oxygen atoms in total. The standard InChI is InChI=1S/C15H28O7/c1-8-13(16)10(18-4)6-11(20-8)22-14-9(2)21-12(19-5)7-15(14,3)17/h8-14,16-17H,6-7H2,1-5H3/t8-,9+,10-,11+,12-,13-,14+,15+/m1/s1. The van der Waals surface area contributed by atoms with Crippen LogP contribution in [0.3, 0.4) is 0 Å². The zero-order valence-electron chi connectivity index (χ0n) is 13.9. The smallest absolute Gasteiger partial charge is 0.161 e. The molecule has 0 amide bonds. The van der Waals surface area contributed by atoms with Gasteiger partial charge in [-0.1, -0.05) is 0 Å². The van der Waals surface area contributed by atoms with Crippen LogP contribution < -0.4 is 0 Å². The van der Waals surface area contributed by atoms with Crippen molar-refractivity contribution in [3.63, 3.8) is 0 Å². The fourth-order valence-corrected chi connectivity index (χ4v) is 3.21. The Bertz CT molecular complexity index is 362. The van der Waals surface area contributed by atoms with Gasteiger partial charge in [0.1, 0.15) is 12.2 Å². The molecule has 0 aromatic carbocycles. The molecule has 2 heterocycles. The van der Waals surface area contributed by atoms with Crippen molar-refractivity contribution in [2.24, 2.45) is 0 Å². The van der Waals surface area contributed by atoms with Crippen molar-refractivity contribution in [1.82, 2.24) is 0 Å². The highest BCUT2D eigenvalue weighted by Gasteiger charge is 2.47. The third-order valence-electron chi connectivity index (χ3n) is 4.50. The largest absolute Gasteiger partial charge is 0.388 e. The Balaban J connectivity index is 2.02. The highest BCUT2D eigenvalue weighted by Crippen LogP contribution is 2.34. The van der Waals surface area contributed by atoms with E-state index in [-0.39, 0.29) is 12.2 Å². The molecule has 7 heteroatoms. The van der Waals surface area contributed by atoms with Gasteiger partial charge in [0.15, 0.2) is 12.6 Å². The zero-order chi connectivity index (χ0) is 16.5. The molecule has 2 N–H and O–H groups in total. The van der Waals surface area contributed by atoms with E-state index in [0.29, 0.717) is 12.8 Å². The lowest BCUT2D eigenvalue weighted by Gasteiger charge is -2.46. The minimum absolute atomic E-state index is 0.317. The Labute approximate surface area is 131 Å². The lowest BCUT2D eigenvalue weighted by atomic mass is 9.88. The minimum Gasteiger partial charge on any atom is -0.388 e. The van der Waals surface area contributed by atoms with Crippen LogP contribution in [0.5, 0.6) is 0 Å². The Hall–Kier alpha value is -0.280. The Morgan fingerprint density at radius 1 is 1.05 bits per heavy atom. The van der Waals surface area contributed by atoms with Crippen LogP contribution in [0.2, 0.25) is 0 Å². The molecule has 0 spiro atoms. The van der Waals surface area contributed by atoms with Gasteiger partial charge in [0.25, 0.3) is 0 Å². The third-order valence-corrected chi connectivity index (χ3v) is 4.50. The molecule has 2 saturated heterocycles. The molecule has 2 rings (SSSR count). The van der Waals surface area contributed by atoms with Gasteiger partial charge in [0.05, 0.1) is 23.9 Å². The maximum Gasteiger partial charge on any atom is 0.161 e. The summed E-state index contributed by atoms with van der Waals surface area (Å²) in [7, 11) is 3.10. The number of methoxy groups -OCH3 is 2. The van der Waals surface area contributed by atoms with E-state index in [9.17, 15) is 10.2 Å². The molecular weight excluding hydrogens is 292 g/mol. The molecule has 130 valence electrons. The van der Waals surface area contributed by atoms with E-state index in [1.54, 1.807) is 28.1 Å². The van der Waals surface area contributed by atoms with Gasteiger partial charge in [-0.2, -0.15) is 0 Å². The van der Waals surface area contributed by atoms with E-state index in [4.69, 9.17) is 23.7 Å². The normalized spacial score (nSPS) is 50.0. The first-order valence-corrected chi connectivity index (χ1v) is 7.71. The van der Waals surface area contributed by atoms with Crippen molar-refractivity contribution in [2.75, 3.05) is 14.2 Å². The van der Waals surface area contributed by atoms with Crippen molar-refractivity contribution < 1.29 is 33.9 Å². The molecule has 0 unspecified atom stereocenters. The third kappa shape index (κ3) is 3.79. The van der Waals surface area contributed by atoms with Gasteiger partial charge in [0.2, 0.25) is 0 Å². The SMILES string of the molecule is CO[C@H]1C[C@](C)(O)[C@@H](O[C@H]2C[C@@H](OC)[C@H](O)[C@@H](C)O2)[C@H](C)O1. The molecule has 2 fully saturated rings. The first-order chi connectivity index (χ1) is 10.3. The second kappa shape index (κ2) is 7.09. The average molecular weight is 320 g/mol. The molecule has 8 atom stereocenters.